The summed E-state index contributed by atoms with van der Waals surface area (Å²) >= 11 is 1.62. The quantitative estimate of drug-likeness (QED) is 0.405. The minimum absolute atomic E-state index is 0.0511. The number of benzene rings is 1. The topological polar surface area (TPSA) is 55.8 Å². The highest BCUT2D eigenvalue weighted by Gasteiger charge is 2.30. The van der Waals surface area contributed by atoms with Crippen LogP contribution in [0.4, 0.5) is 14.5 Å². The van der Waals surface area contributed by atoms with Crippen molar-refractivity contribution in [2.75, 3.05) is 19.1 Å². The van der Waals surface area contributed by atoms with E-state index in [1.807, 2.05) is 0 Å². The highest BCUT2D eigenvalue weighted by atomic mass is 127. The number of methoxy groups -OCH3 is 2. The fourth-order valence-corrected chi connectivity index (χ4v) is 2.77. The van der Waals surface area contributed by atoms with Gasteiger partial charge in [-0.2, -0.15) is 0 Å². The monoisotopic (exact) mass is 447 g/mol. The first-order chi connectivity index (χ1) is 11.4. The van der Waals surface area contributed by atoms with E-state index in [2.05, 4.69) is 4.74 Å². The second-order valence-corrected chi connectivity index (χ2v) is 5.59. The Labute approximate surface area is 150 Å². The van der Waals surface area contributed by atoms with Crippen LogP contribution in [-0.4, -0.2) is 26.2 Å². The van der Waals surface area contributed by atoms with E-state index < -0.39 is 23.6 Å². The van der Waals surface area contributed by atoms with E-state index in [9.17, 15) is 18.4 Å². The van der Waals surface area contributed by atoms with Gasteiger partial charge in [-0.25, -0.2) is 18.4 Å². The summed E-state index contributed by atoms with van der Waals surface area (Å²) < 4.78 is 37.5. The van der Waals surface area contributed by atoms with Crippen molar-refractivity contribution in [1.29, 1.82) is 0 Å². The molecule has 0 bridgehead atoms. The van der Waals surface area contributed by atoms with E-state index in [0.717, 1.165) is 31.3 Å². The fraction of sp³-hybridized carbons (Fsp3) is 0.125. The van der Waals surface area contributed by atoms with E-state index in [1.54, 1.807) is 22.6 Å². The molecule has 0 aromatic heterocycles. The summed E-state index contributed by atoms with van der Waals surface area (Å²) in [5.74, 6) is -3.14. The third-order valence-electron chi connectivity index (χ3n) is 3.15. The lowest BCUT2D eigenvalue weighted by Gasteiger charge is -2.24. The zero-order valence-corrected chi connectivity index (χ0v) is 14.8. The van der Waals surface area contributed by atoms with Gasteiger partial charge in [0.15, 0.2) is 0 Å². The van der Waals surface area contributed by atoms with Crippen molar-refractivity contribution in [2.45, 2.75) is 0 Å². The van der Waals surface area contributed by atoms with Crippen LogP contribution in [0.5, 0.6) is 0 Å². The predicted octanol–water partition coefficient (Wildman–Crippen LogP) is 3.06. The molecule has 0 radical (unpaired) electrons. The van der Waals surface area contributed by atoms with Gasteiger partial charge in [-0.1, -0.05) is 6.08 Å². The van der Waals surface area contributed by atoms with Gasteiger partial charge in [-0.05, 0) is 46.9 Å². The van der Waals surface area contributed by atoms with Crippen molar-refractivity contribution >= 4 is 40.2 Å². The maximum atomic E-state index is 14.3. The Morgan fingerprint density at radius 3 is 2.29 bits per heavy atom. The van der Waals surface area contributed by atoms with Crippen LogP contribution in [-0.2, 0) is 19.1 Å². The Bertz CT molecular complexity index is 787. The second-order valence-electron chi connectivity index (χ2n) is 4.51. The number of hydrogen-bond donors (Lipinski definition) is 0. The highest BCUT2D eigenvalue weighted by Crippen LogP contribution is 2.33. The number of anilines is 1. The lowest BCUT2D eigenvalue weighted by Crippen LogP contribution is -2.28. The first-order valence-corrected chi connectivity index (χ1v) is 7.68. The molecule has 1 aromatic rings. The molecular formula is C16H12F2INO4. The van der Waals surface area contributed by atoms with E-state index in [-0.39, 0.29) is 20.5 Å². The minimum atomic E-state index is -0.897. The molecule has 5 nitrogen and oxygen atoms in total. The lowest BCUT2D eigenvalue weighted by atomic mass is 10.1. The van der Waals surface area contributed by atoms with Crippen LogP contribution in [0.15, 0.2) is 47.8 Å². The van der Waals surface area contributed by atoms with Gasteiger partial charge in [-0.15, -0.1) is 0 Å². The fourth-order valence-electron chi connectivity index (χ4n) is 2.07. The van der Waals surface area contributed by atoms with Crippen LogP contribution in [0.3, 0.4) is 0 Å². The van der Waals surface area contributed by atoms with Gasteiger partial charge in [0.25, 0.3) is 0 Å². The molecule has 1 aliphatic rings. The summed E-state index contributed by atoms with van der Waals surface area (Å²) in [6.45, 7) is 0. The zero-order chi connectivity index (χ0) is 17.9. The summed E-state index contributed by atoms with van der Waals surface area (Å²) in [5.41, 5.74) is -0.636. The Kier molecular flexibility index (Phi) is 5.71. The summed E-state index contributed by atoms with van der Waals surface area (Å²) in [5, 5.41) is 0. The molecule has 24 heavy (non-hydrogen) atoms. The first-order valence-electron chi connectivity index (χ1n) is 6.60. The van der Waals surface area contributed by atoms with E-state index in [1.165, 1.54) is 24.4 Å². The van der Waals surface area contributed by atoms with Gasteiger partial charge < -0.3 is 14.4 Å². The molecule has 1 aliphatic heterocycles. The molecule has 0 amide bonds. The lowest BCUT2D eigenvalue weighted by molar-refractivity contribution is -0.139. The Morgan fingerprint density at radius 2 is 1.67 bits per heavy atom. The van der Waals surface area contributed by atoms with E-state index >= 15 is 0 Å². The number of halogens is 3. The Hall–Kier alpha value is -2.23. The molecule has 2 rings (SSSR count). The molecule has 0 spiro atoms. The van der Waals surface area contributed by atoms with Crippen LogP contribution >= 0.6 is 22.6 Å². The van der Waals surface area contributed by atoms with Gasteiger partial charge in [0.05, 0.1) is 29.1 Å². The third kappa shape index (κ3) is 3.32. The second kappa shape index (κ2) is 7.56. The molecule has 0 saturated heterocycles. The SMILES string of the molecule is COC(=O)C1=C(C(=O)OC)N(c2c(F)ccc(F)c2I)C=CC=C1. The summed E-state index contributed by atoms with van der Waals surface area (Å²) in [7, 11) is 2.26. The van der Waals surface area contributed by atoms with Gasteiger partial charge in [0.1, 0.15) is 17.3 Å². The summed E-state index contributed by atoms with van der Waals surface area (Å²) in [4.78, 5) is 25.3. The highest BCUT2D eigenvalue weighted by molar-refractivity contribution is 14.1. The van der Waals surface area contributed by atoms with Crippen molar-refractivity contribution in [2.24, 2.45) is 0 Å². The van der Waals surface area contributed by atoms with E-state index in [4.69, 9.17) is 4.74 Å². The van der Waals surface area contributed by atoms with Crippen LogP contribution in [0.2, 0.25) is 0 Å². The molecule has 0 fully saturated rings. The maximum Gasteiger partial charge on any atom is 0.355 e. The molecule has 126 valence electrons. The number of hydrogen-bond acceptors (Lipinski definition) is 5. The number of allylic oxidation sites excluding steroid dienone is 2. The van der Waals surface area contributed by atoms with Crippen LogP contribution < -0.4 is 4.90 Å². The van der Waals surface area contributed by atoms with Gasteiger partial charge >= 0.3 is 11.9 Å². The van der Waals surface area contributed by atoms with Crippen molar-refractivity contribution in [1.82, 2.24) is 0 Å². The molecular weight excluding hydrogens is 435 g/mol. The standard InChI is InChI=1S/C16H12F2INO4/c1-23-15(21)9-5-3-4-8-20(13(9)16(22)24-2)14-11(18)7-6-10(17)12(14)19/h3-8H,1-2H3. The maximum absolute atomic E-state index is 14.3. The Balaban J connectivity index is 2.78. The number of esters is 2. The third-order valence-corrected chi connectivity index (χ3v) is 4.18. The van der Waals surface area contributed by atoms with Crippen molar-refractivity contribution < 1.29 is 27.8 Å². The van der Waals surface area contributed by atoms with Gasteiger partial charge in [0, 0.05) is 6.20 Å². The molecule has 0 saturated carbocycles. The number of carbonyl (C=O) groups is 2. The number of rotatable bonds is 3. The van der Waals surface area contributed by atoms with E-state index in [0.29, 0.717) is 0 Å². The number of carbonyl (C=O) groups excluding carboxylic acids is 2. The average Bonchev–Trinajstić information content (AvgIpc) is 2.80. The smallest absolute Gasteiger partial charge is 0.355 e. The van der Waals surface area contributed by atoms with Crippen LogP contribution in [0, 0.1) is 15.2 Å². The van der Waals surface area contributed by atoms with Gasteiger partial charge in [-0.3, -0.25) is 0 Å². The Morgan fingerprint density at radius 1 is 1.04 bits per heavy atom. The average molecular weight is 447 g/mol. The van der Waals surface area contributed by atoms with Crippen molar-refractivity contribution in [3.8, 4) is 0 Å². The number of nitrogens with zero attached hydrogens (tertiary/aromatic N) is 1. The number of ether oxygens (including phenoxy) is 2. The molecule has 0 atom stereocenters. The molecule has 0 aliphatic carbocycles. The summed E-state index contributed by atoms with van der Waals surface area (Å²) in [6, 6.07) is 1.91. The zero-order valence-electron chi connectivity index (χ0n) is 12.7. The minimum Gasteiger partial charge on any atom is -0.465 e. The van der Waals surface area contributed by atoms with Crippen LogP contribution in [0.1, 0.15) is 0 Å². The largest absolute Gasteiger partial charge is 0.465 e. The molecule has 8 heteroatoms. The summed E-state index contributed by atoms with van der Waals surface area (Å²) in [6.07, 6.45) is 5.61. The van der Waals surface area contributed by atoms with Crippen LogP contribution in [0.25, 0.3) is 0 Å². The molecule has 1 aromatic carbocycles. The molecule has 0 unspecified atom stereocenters. The molecule has 1 heterocycles. The predicted molar refractivity (Wildman–Crippen MR) is 90.9 cm³/mol. The first kappa shape index (κ1) is 18.1. The molecule has 0 N–H and O–H groups in total. The van der Waals surface area contributed by atoms with Crippen molar-refractivity contribution in [3.05, 3.63) is 63.0 Å². The van der Waals surface area contributed by atoms with Gasteiger partial charge in [0.2, 0.25) is 0 Å². The van der Waals surface area contributed by atoms with Crippen molar-refractivity contribution in [3.63, 3.8) is 0 Å². The normalized spacial score (nSPS) is 13.8.